The summed E-state index contributed by atoms with van der Waals surface area (Å²) in [5.74, 6) is 0.457. The molecule has 88 valence electrons. The van der Waals surface area contributed by atoms with Gasteiger partial charge in [0.2, 0.25) is 5.95 Å². The quantitative estimate of drug-likeness (QED) is 0.817. The van der Waals surface area contributed by atoms with E-state index in [0.717, 1.165) is 11.4 Å². The Bertz CT molecular complexity index is 520. The van der Waals surface area contributed by atoms with E-state index in [1.54, 1.807) is 12.1 Å². The fourth-order valence-corrected chi connectivity index (χ4v) is 1.76. The number of benzene rings is 1. The van der Waals surface area contributed by atoms with E-state index in [2.05, 4.69) is 31.2 Å². The first-order chi connectivity index (χ1) is 8.06. The summed E-state index contributed by atoms with van der Waals surface area (Å²) in [4.78, 5) is 8.38. The minimum absolute atomic E-state index is 0.383. The van der Waals surface area contributed by atoms with Crippen LogP contribution in [-0.2, 0) is 0 Å². The molecule has 0 aliphatic heterocycles. The average molecular weight is 333 g/mol. The monoisotopic (exact) mass is 331 g/mol. The van der Waals surface area contributed by atoms with Crippen molar-refractivity contribution in [2.45, 2.75) is 6.92 Å². The van der Waals surface area contributed by atoms with Crippen LogP contribution in [0.25, 0.3) is 0 Å². The van der Waals surface area contributed by atoms with Gasteiger partial charge in [0.1, 0.15) is 5.15 Å². The van der Waals surface area contributed by atoms with Crippen LogP contribution in [-0.4, -0.2) is 9.97 Å². The fraction of sp³-hybridized carbons (Fsp3) is 0.0909. The Hall–Kier alpha value is -0.840. The second kappa shape index (κ2) is 5.21. The van der Waals surface area contributed by atoms with Crippen molar-refractivity contribution in [1.82, 2.24) is 9.97 Å². The first-order valence-electron chi connectivity index (χ1n) is 4.78. The molecular formula is C11H8BrCl2N3. The molecule has 2 rings (SSSR count). The minimum Gasteiger partial charge on any atom is -0.324 e. The number of aromatic nitrogens is 2. The number of hydrogen-bond acceptors (Lipinski definition) is 3. The number of aryl methyl sites for hydroxylation is 1. The Morgan fingerprint density at radius 2 is 1.76 bits per heavy atom. The third-order valence-corrected chi connectivity index (χ3v) is 3.78. The van der Waals surface area contributed by atoms with E-state index in [0.29, 0.717) is 20.6 Å². The van der Waals surface area contributed by atoms with E-state index < -0.39 is 0 Å². The van der Waals surface area contributed by atoms with Crippen LogP contribution in [0.15, 0.2) is 28.7 Å². The highest BCUT2D eigenvalue weighted by molar-refractivity contribution is 9.10. The van der Waals surface area contributed by atoms with Gasteiger partial charge in [-0.25, -0.2) is 4.98 Å². The van der Waals surface area contributed by atoms with Crippen LogP contribution < -0.4 is 5.32 Å². The standard InChI is InChI=1S/C11H8BrCl2N3/c1-6-9(12)10(14)17-11(15-6)16-8-4-2-7(13)3-5-8/h2-5H,1H3,(H,15,16,17). The molecule has 0 amide bonds. The van der Waals surface area contributed by atoms with Gasteiger partial charge in [-0.2, -0.15) is 4.98 Å². The zero-order chi connectivity index (χ0) is 12.4. The lowest BCUT2D eigenvalue weighted by molar-refractivity contribution is 1.09. The lowest BCUT2D eigenvalue weighted by Gasteiger charge is -2.07. The Labute approximate surface area is 117 Å². The van der Waals surface area contributed by atoms with Gasteiger partial charge in [-0.1, -0.05) is 23.2 Å². The van der Waals surface area contributed by atoms with Crippen molar-refractivity contribution < 1.29 is 0 Å². The maximum absolute atomic E-state index is 5.95. The highest BCUT2D eigenvalue weighted by Gasteiger charge is 2.07. The minimum atomic E-state index is 0.383. The normalized spacial score (nSPS) is 10.4. The molecule has 0 aliphatic carbocycles. The molecule has 3 nitrogen and oxygen atoms in total. The van der Waals surface area contributed by atoms with Crippen molar-refractivity contribution in [3.05, 3.63) is 44.6 Å². The number of hydrogen-bond donors (Lipinski definition) is 1. The predicted molar refractivity (Wildman–Crippen MR) is 74.2 cm³/mol. The van der Waals surface area contributed by atoms with E-state index in [4.69, 9.17) is 23.2 Å². The molecule has 2 aromatic rings. The number of nitrogens with zero attached hydrogens (tertiary/aromatic N) is 2. The van der Waals surface area contributed by atoms with Crippen molar-refractivity contribution in [3.63, 3.8) is 0 Å². The Kier molecular flexibility index (Phi) is 3.86. The molecule has 0 bridgehead atoms. The molecule has 1 N–H and O–H groups in total. The van der Waals surface area contributed by atoms with Crippen molar-refractivity contribution in [1.29, 1.82) is 0 Å². The van der Waals surface area contributed by atoms with Crippen molar-refractivity contribution >= 4 is 50.8 Å². The predicted octanol–water partition coefficient (Wildman–Crippen LogP) is 4.60. The number of nitrogens with one attached hydrogen (secondary N) is 1. The Morgan fingerprint density at radius 3 is 2.35 bits per heavy atom. The smallest absolute Gasteiger partial charge is 0.228 e. The molecule has 0 atom stereocenters. The lowest BCUT2D eigenvalue weighted by atomic mass is 10.3. The number of halogens is 3. The van der Waals surface area contributed by atoms with Gasteiger partial charge >= 0.3 is 0 Å². The molecule has 1 aromatic heterocycles. The van der Waals surface area contributed by atoms with E-state index in [9.17, 15) is 0 Å². The summed E-state index contributed by atoms with van der Waals surface area (Å²) in [5.41, 5.74) is 1.63. The zero-order valence-corrected chi connectivity index (χ0v) is 11.9. The Balaban J connectivity index is 2.27. The highest BCUT2D eigenvalue weighted by atomic mass is 79.9. The molecule has 1 heterocycles. The van der Waals surface area contributed by atoms with Gasteiger partial charge in [-0.05, 0) is 47.1 Å². The summed E-state index contributed by atoms with van der Waals surface area (Å²) in [5, 5.41) is 4.12. The van der Waals surface area contributed by atoms with E-state index in [-0.39, 0.29) is 0 Å². The molecular weight excluding hydrogens is 325 g/mol. The molecule has 0 unspecified atom stereocenters. The second-order valence-corrected chi connectivity index (χ2v) is 4.96. The molecule has 0 fully saturated rings. The molecule has 0 spiro atoms. The topological polar surface area (TPSA) is 37.8 Å². The maximum atomic E-state index is 5.95. The molecule has 0 saturated carbocycles. The van der Waals surface area contributed by atoms with Crippen LogP contribution in [0.5, 0.6) is 0 Å². The van der Waals surface area contributed by atoms with E-state index in [1.165, 1.54) is 0 Å². The van der Waals surface area contributed by atoms with E-state index in [1.807, 2.05) is 19.1 Å². The molecule has 0 saturated heterocycles. The van der Waals surface area contributed by atoms with Gasteiger partial charge in [0.25, 0.3) is 0 Å². The number of anilines is 2. The van der Waals surface area contributed by atoms with Crippen LogP contribution in [0.3, 0.4) is 0 Å². The lowest BCUT2D eigenvalue weighted by Crippen LogP contribution is -1.99. The van der Waals surface area contributed by atoms with Gasteiger partial charge in [-0.3, -0.25) is 0 Å². The third kappa shape index (κ3) is 3.09. The van der Waals surface area contributed by atoms with Crippen LogP contribution in [0, 0.1) is 6.92 Å². The molecule has 0 radical (unpaired) electrons. The summed E-state index contributed by atoms with van der Waals surface area (Å²) in [7, 11) is 0. The molecule has 6 heteroatoms. The summed E-state index contributed by atoms with van der Waals surface area (Å²) in [6.45, 7) is 1.85. The third-order valence-electron chi connectivity index (χ3n) is 2.08. The Morgan fingerprint density at radius 1 is 1.12 bits per heavy atom. The summed E-state index contributed by atoms with van der Waals surface area (Å²) >= 11 is 15.1. The van der Waals surface area contributed by atoms with Crippen molar-refractivity contribution in [2.75, 3.05) is 5.32 Å². The number of rotatable bonds is 2. The summed E-state index contributed by atoms with van der Waals surface area (Å²) in [6.07, 6.45) is 0. The van der Waals surface area contributed by atoms with Crippen molar-refractivity contribution in [2.24, 2.45) is 0 Å². The molecule has 17 heavy (non-hydrogen) atoms. The van der Waals surface area contributed by atoms with Gasteiger partial charge in [0, 0.05) is 10.7 Å². The molecule has 1 aromatic carbocycles. The van der Waals surface area contributed by atoms with Gasteiger partial charge in [0.05, 0.1) is 10.2 Å². The second-order valence-electron chi connectivity index (χ2n) is 3.37. The van der Waals surface area contributed by atoms with Crippen molar-refractivity contribution in [3.8, 4) is 0 Å². The summed E-state index contributed by atoms with van der Waals surface area (Å²) in [6, 6.07) is 7.27. The zero-order valence-electron chi connectivity index (χ0n) is 8.84. The van der Waals surface area contributed by atoms with Gasteiger partial charge in [-0.15, -0.1) is 0 Å². The first-order valence-corrected chi connectivity index (χ1v) is 6.33. The van der Waals surface area contributed by atoms with Crippen LogP contribution in [0.1, 0.15) is 5.69 Å². The largest absolute Gasteiger partial charge is 0.324 e. The summed E-state index contributed by atoms with van der Waals surface area (Å²) < 4.78 is 0.709. The van der Waals surface area contributed by atoms with Gasteiger partial charge < -0.3 is 5.32 Å². The van der Waals surface area contributed by atoms with E-state index >= 15 is 0 Å². The van der Waals surface area contributed by atoms with Crippen LogP contribution in [0.4, 0.5) is 11.6 Å². The van der Waals surface area contributed by atoms with Gasteiger partial charge in [0.15, 0.2) is 0 Å². The fourth-order valence-electron chi connectivity index (χ4n) is 1.24. The average Bonchev–Trinajstić information content (AvgIpc) is 2.29. The maximum Gasteiger partial charge on any atom is 0.228 e. The first kappa shape index (κ1) is 12.6. The molecule has 0 aliphatic rings. The van der Waals surface area contributed by atoms with Crippen LogP contribution >= 0.6 is 39.1 Å². The van der Waals surface area contributed by atoms with Crippen LogP contribution in [0.2, 0.25) is 10.2 Å². The highest BCUT2D eigenvalue weighted by Crippen LogP contribution is 2.25. The SMILES string of the molecule is Cc1nc(Nc2ccc(Cl)cc2)nc(Cl)c1Br.